The summed E-state index contributed by atoms with van der Waals surface area (Å²) >= 11 is 0. The number of hydrogen-bond donors (Lipinski definition) is 4. The second kappa shape index (κ2) is 4.62. The van der Waals surface area contributed by atoms with E-state index in [2.05, 4.69) is 0 Å². The third-order valence-electron chi connectivity index (χ3n) is 1.90. The lowest BCUT2D eigenvalue weighted by atomic mass is 10.2. The summed E-state index contributed by atoms with van der Waals surface area (Å²) in [5.74, 6) is 0. The first-order valence-corrected chi connectivity index (χ1v) is 6.10. The van der Waals surface area contributed by atoms with E-state index in [4.69, 9.17) is 11.1 Å². The van der Waals surface area contributed by atoms with E-state index in [1.165, 1.54) is 0 Å². The average Bonchev–Trinajstić information content (AvgIpc) is 2.19. The first kappa shape index (κ1) is 11.3. The topological polar surface area (TPSA) is 90.3 Å². The van der Waals surface area contributed by atoms with Crippen LogP contribution < -0.4 is 5.73 Å². The summed E-state index contributed by atoms with van der Waals surface area (Å²) in [5, 5.41) is 7.50. The molecule has 5 N–H and O–H groups in total. The zero-order valence-electron chi connectivity index (χ0n) is 7.72. The molecule has 0 radical (unpaired) electrons. The highest BCUT2D eigenvalue weighted by atomic mass is 31.2. The van der Waals surface area contributed by atoms with Crippen molar-refractivity contribution in [2.24, 2.45) is 5.73 Å². The quantitative estimate of drug-likeness (QED) is 0.443. The molecule has 1 rings (SSSR count). The van der Waals surface area contributed by atoms with Gasteiger partial charge in [0.15, 0.2) is 6.29 Å². The van der Waals surface area contributed by atoms with Crippen LogP contribution in [-0.4, -0.2) is 21.5 Å². The van der Waals surface area contributed by atoms with Gasteiger partial charge in [-0.05, 0) is 5.56 Å². The van der Waals surface area contributed by atoms with Crippen molar-refractivity contribution >= 4 is 13.2 Å². The molecule has 0 unspecified atom stereocenters. The molecule has 76 valence electrons. The van der Waals surface area contributed by atoms with E-state index in [9.17, 15) is 9.79 Å². The Kier molecular flexibility index (Phi) is 3.72. The monoisotopic (exact) mass is 213 g/mol. The number of hydrogen-bond acceptors (Lipinski definition) is 4. The van der Waals surface area contributed by atoms with E-state index < -0.39 is 7.72 Å². The Balaban J connectivity index is 2.67. The molecule has 0 aliphatic carbocycles. The van der Waals surface area contributed by atoms with Crippen molar-refractivity contribution in [3.8, 4) is 0 Å². The molecule has 0 atom stereocenters. The molecule has 0 aliphatic rings. The van der Waals surface area contributed by atoms with Gasteiger partial charge in [0.1, 0.15) is 0 Å². The van der Waals surface area contributed by atoms with Gasteiger partial charge in [-0.15, -0.1) is 0 Å². The maximum atomic E-state index is 9.37. The largest absolute Gasteiger partial charge is 0.328 e. The van der Waals surface area contributed by atoms with Gasteiger partial charge in [-0.2, -0.15) is 0 Å². The highest BCUT2D eigenvalue weighted by molar-refractivity contribution is 7.81. The first-order valence-electron chi connectivity index (χ1n) is 4.22. The second-order valence-corrected chi connectivity index (χ2v) is 5.39. The molecular weight excluding hydrogens is 199 g/mol. The van der Waals surface area contributed by atoms with Gasteiger partial charge in [0.2, 0.25) is 5.45 Å². The van der Waals surface area contributed by atoms with E-state index in [0.29, 0.717) is 0 Å². The predicted molar refractivity (Wildman–Crippen MR) is 58.3 cm³/mol. The van der Waals surface area contributed by atoms with E-state index in [1.54, 1.807) is 0 Å². The molecule has 1 aromatic rings. The van der Waals surface area contributed by atoms with Crippen LogP contribution in [-0.2, 0) is 6.42 Å². The van der Waals surface area contributed by atoms with Gasteiger partial charge in [0.25, 0.3) is 0 Å². The molecule has 0 fully saturated rings. The van der Waals surface area contributed by atoms with Gasteiger partial charge >= 0.3 is 7.72 Å². The maximum Gasteiger partial charge on any atom is 0.328 e. The van der Waals surface area contributed by atoms with E-state index in [0.717, 1.165) is 5.56 Å². The summed E-state index contributed by atoms with van der Waals surface area (Å²) in [6, 6.07) is 9.24. The number of nitrogens with one attached hydrogen (secondary N) is 1. The summed E-state index contributed by atoms with van der Waals surface area (Å²) in [6.45, 7) is 0. The fourth-order valence-corrected chi connectivity index (χ4v) is 1.68. The van der Waals surface area contributed by atoms with Crippen molar-refractivity contribution in [1.29, 1.82) is 5.41 Å². The SMILES string of the molecule is N=C(Cc1ccccc1)[P+](O)(O)CN. The zero-order chi connectivity index (χ0) is 10.6. The van der Waals surface area contributed by atoms with Gasteiger partial charge < -0.3 is 0 Å². The molecule has 0 heterocycles. The number of nitrogens with two attached hydrogens (primary N) is 1. The molecule has 0 saturated heterocycles. The molecule has 0 aliphatic heterocycles. The second-order valence-electron chi connectivity index (χ2n) is 3.02. The van der Waals surface area contributed by atoms with E-state index in [-0.39, 0.29) is 18.2 Å². The van der Waals surface area contributed by atoms with Gasteiger partial charge in [-0.25, -0.2) is 9.79 Å². The minimum atomic E-state index is -3.32. The standard InChI is InChI=1S/C9H14N2O2P/c10-7-14(12,13)9(11)6-8-4-2-1-3-5-8/h1-5,11-13H,6-7,10H2/q+1. The van der Waals surface area contributed by atoms with Crippen molar-refractivity contribution in [3.05, 3.63) is 35.9 Å². The highest BCUT2D eigenvalue weighted by Gasteiger charge is 2.37. The fraction of sp³-hybridized carbons (Fsp3) is 0.222. The van der Waals surface area contributed by atoms with Crippen LogP contribution in [0.2, 0.25) is 0 Å². The van der Waals surface area contributed by atoms with Crippen LogP contribution in [0.25, 0.3) is 0 Å². The van der Waals surface area contributed by atoms with Crippen LogP contribution in [0.5, 0.6) is 0 Å². The van der Waals surface area contributed by atoms with Gasteiger partial charge in [-0.1, -0.05) is 30.3 Å². The summed E-state index contributed by atoms with van der Waals surface area (Å²) in [5.41, 5.74) is 5.98. The maximum absolute atomic E-state index is 9.37. The van der Waals surface area contributed by atoms with Crippen LogP contribution in [0, 0.1) is 5.41 Å². The van der Waals surface area contributed by atoms with Crippen molar-refractivity contribution < 1.29 is 9.79 Å². The third kappa shape index (κ3) is 2.86. The Hall–Kier alpha value is -0.800. The minimum Gasteiger partial charge on any atom is -0.294 e. The third-order valence-corrected chi connectivity index (χ3v) is 3.43. The van der Waals surface area contributed by atoms with Crippen molar-refractivity contribution in [2.75, 3.05) is 6.29 Å². The van der Waals surface area contributed by atoms with Crippen molar-refractivity contribution in [3.63, 3.8) is 0 Å². The predicted octanol–water partition coefficient (Wildman–Crippen LogP) is 0.955. The molecule has 0 amide bonds. The smallest absolute Gasteiger partial charge is 0.294 e. The Labute approximate surface area is 83.4 Å². The lowest BCUT2D eigenvalue weighted by Gasteiger charge is -2.10. The summed E-state index contributed by atoms with van der Waals surface area (Å²) < 4.78 is 0. The van der Waals surface area contributed by atoms with Gasteiger partial charge in [-0.3, -0.25) is 11.1 Å². The fourth-order valence-electron chi connectivity index (χ4n) is 1.03. The lowest BCUT2D eigenvalue weighted by Crippen LogP contribution is -2.16. The molecule has 4 nitrogen and oxygen atoms in total. The molecule has 5 heteroatoms. The molecule has 0 aromatic heterocycles. The average molecular weight is 213 g/mol. The zero-order valence-corrected chi connectivity index (χ0v) is 8.61. The molecule has 1 aromatic carbocycles. The first-order chi connectivity index (χ1) is 6.56. The molecule has 0 saturated carbocycles. The van der Waals surface area contributed by atoms with E-state index in [1.807, 2.05) is 30.3 Å². The molecule has 14 heavy (non-hydrogen) atoms. The normalized spacial score (nSPS) is 11.4. The van der Waals surface area contributed by atoms with Crippen LogP contribution in [0.3, 0.4) is 0 Å². The molecule has 0 spiro atoms. The van der Waals surface area contributed by atoms with Crippen LogP contribution >= 0.6 is 7.72 Å². The Morgan fingerprint density at radius 2 is 1.86 bits per heavy atom. The summed E-state index contributed by atoms with van der Waals surface area (Å²) in [4.78, 5) is 18.7. The molecular formula is C9H14N2O2P+. The minimum absolute atomic E-state index is 0.0776. The Bertz CT molecular complexity index is 314. The van der Waals surface area contributed by atoms with Gasteiger partial charge in [0, 0.05) is 0 Å². The van der Waals surface area contributed by atoms with Crippen LogP contribution in [0.15, 0.2) is 30.3 Å². The lowest BCUT2D eigenvalue weighted by molar-refractivity contribution is 0.467. The van der Waals surface area contributed by atoms with Crippen LogP contribution in [0.1, 0.15) is 5.56 Å². The van der Waals surface area contributed by atoms with Gasteiger partial charge in [0.05, 0.1) is 6.42 Å². The summed E-state index contributed by atoms with van der Waals surface area (Å²) in [7, 11) is -3.32. The van der Waals surface area contributed by atoms with Crippen molar-refractivity contribution in [2.45, 2.75) is 6.42 Å². The Morgan fingerprint density at radius 3 is 2.36 bits per heavy atom. The number of rotatable bonds is 4. The summed E-state index contributed by atoms with van der Waals surface area (Å²) in [6.07, 6.45) is -0.00250. The highest BCUT2D eigenvalue weighted by Crippen LogP contribution is 2.49. The van der Waals surface area contributed by atoms with Crippen LogP contribution in [0.4, 0.5) is 0 Å². The molecule has 0 bridgehead atoms. The van der Waals surface area contributed by atoms with E-state index >= 15 is 0 Å². The Morgan fingerprint density at radius 1 is 1.29 bits per heavy atom. The van der Waals surface area contributed by atoms with Crippen molar-refractivity contribution in [1.82, 2.24) is 0 Å². The number of benzene rings is 1.